The van der Waals surface area contributed by atoms with Gasteiger partial charge in [0.1, 0.15) is 5.75 Å². The second-order valence-corrected chi connectivity index (χ2v) is 6.18. The van der Waals surface area contributed by atoms with Crippen molar-refractivity contribution in [3.63, 3.8) is 0 Å². The van der Waals surface area contributed by atoms with E-state index in [-0.39, 0.29) is 48.4 Å². The molecule has 0 bridgehead atoms. The predicted octanol–water partition coefficient (Wildman–Crippen LogP) is -0.764. The van der Waals surface area contributed by atoms with Crippen molar-refractivity contribution in [2.75, 3.05) is 12.4 Å². The minimum absolute atomic E-state index is 0. The fourth-order valence-corrected chi connectivity index (χ4v) is 2.41. The minimum atomic E-state index is -4.24. The largest absolute Gasteiger partial charge is 1.00 e. The summed E-state index contributed by atoms with van der Waals surface area (Å²) in [6.45, 7) is 0.0561. The molecule has 0 N–H and O–H groups in total. The van der Waals surface area contributed by atoms with Crippen LogP contribution in [-0.4, -0.2) is 31.1 Å². The molecule has 0 fully saturated rings. The maximum Gasteiger partial charge on any atom is 1.00 e. The van der Waals surface area contributed by atoms with Crippen molar-refractivity contribution >= 4 is 15.9 Å². The molecule has 0 aliphatic rings. The fourth-order valence-electron chi connectivity index (χ4n) is 1.94. The molecular formula is C16H15NaO5S. The summed E-state index contributed by atoms with van der Waals surface area (Å²) >= 11 is 0. The van der Waals surface area contributed by atoms with Crippen LogP contribution in [0, 0.1) is 0 Å². The minimum Gasteiger partial charge on any atom is -0.748 e. The molecule has 0 amide bonds. The third-order valence-corrected chi connectivity index (χ3v) is 3.75. The number of rotatable bonds is 7. The SMILES string of the molecule is O=C(c1ccccc1)c1ccccc1OCCCS(=O)(=O)[O-].[Na+]. The standard InChI is InChI=1S/C16H16O5S.Na/c17-16(13-7-2-1-3-8-13)14-9-4-5-10-15(14)21-11-6-12-22(18,19)20;/h1-5,7-10H,6,11-12H2,(H,18,19,20);/q;+1/p-1. The molecule has 0 saturated carbocycles. The molecular weight excluding hydrogens is 327 g/mol. The molecule has 2 aromatic carbocycles. The third-order valence-electron chi connectivity index (χ3n) is 2.96. The summed E-state index contributed by atoms with van der Waals surface area (Å²) in [6, 6.07) is 15.5. The average molecular weight is 342 g/mol. The van der Waals surface area contributed by atoms with Crippen molar-refractivity contribution in [1.82, 2.24) is 0 Å². The molecule has 2 aromatic rings. The smallest absolute Gasteiger partial charge is 0.748 e. The Labute approximate surface area is 157 Å². The summed E-state index contributed by atoms with van der Waals surface area (Å²) in [4.78, 5) is 12.4. The second kappa shape index (κ2) is 9.20. The molecule has 0 spiro atoms. The van der Waals surface area contributed by atoms with Gasteiger partial charge in [-0.25, -0.2) is 8.42 Å². The maximum atomic E-state index is 12.4. The Morgan fingerprint density at radius 3 is 2.26 bits per heavy atom. The zero-order valence-electron chi connectivity index (χ0n) is 12.8. The van der Waals surface area contributed by atoms with Gasteiger partial charge in [-0.15, -0.1) is 0 Å². The van der Waals surface area contributed by atoms with Gasteiger partial charge < -0.3 is 9.29 Å². The molecule has 23 heavy (non-hydrogen) atoms. The van der Waals surface area contributed by atoms with Crippen LogP contribution in [0.4, 0.5) is 0 Å². The van der Waals surface area contributed by atoms with Crippen molar-refractivity contribution in [1.29, 1.82) is 0 Å². The number of para-hydroxylation sites is 1. The van der Waals surface area contributed by atoms with E-state index in [4.69, 9.17) is 4.74 Å². The number of ketones is 1. The Hall–Kier alpha value is -1.18. The van der Waals surface area contributed by atoms with Crippen molar-refractivity contribution in [2.45, 2.75) is 6.42 Å². The third kappa shape index (κ3) is 6.45. The second-order valence-electron chi connectivity index (χ2n) is 4.66. The van der Waals surface area contributed by atoms with E-state index in [1.54, 1.807) is 48.5 Å². The number of benzene rings is 2. The van der Waals surface area contributed by atoms with Gasteiger partial charge in [0.25, 0.3) is 0 Å². The molecule has 5 nitrogen and oxygen atoms in total. The van der Waals surface area contributed by atoms with Gasteiger partial charge in [0.2, 0.25) is 0 Å². The van der Waals surface area contributed by atoms with Crippen LogP contribution in [0.3, 0.4) is 0 Å². The van der Waals surface area contributed by atoms with E-state index in [0.29, 0.717) is 16.9 Å². The first-order valence-corrected chi connectivity index (χ1v) is 8.30. The summed E-state index contributed by atoms with van der Waals surface area (Å²) in [5.74, 6) is -0.283. The van der Waals surface area contributed by atoms with Gasteiger partial charge in [-0.1, -0.05) is 42.5 Å². The Morgan fingerprint density at radius 2 is 1.61 bits per heavy atom. The van der Waals surface area contributed by atoms with Gasteiger partial charge >= 0.3 is 29.6 Å². The van der Waals surface area contributed by atoms with Gasteiger partial charge in [-0.2, -0.15) is 0 Å². The molecule has 0 aliphatic heterocycles. The van der Waals surface area contributed by atoms with Crippen molar-refractivity contribution in [3.05, 3.63) is 65.7 Å². The Kier molecular flexibility index (Phi) is 7.94. The van der Waals surface area contributed by atoms with Crippen LogP contribution in [0.15, 0.2) is 54.6 Å². The monoisotopic (exact) mass is 342 g/mol. The van der Waals surface area contributed by atoms with E-state index >= 15 is 0 Å². The van der Waals surface area contributed by atoms with Crippen LogP contribution in [0.1, 0.15) is 22.3 Å². The molecule has 0 radical (unpaired) electrons. The van der Waals surface area contributed by atoms with Crippen molar-refractivity contribution in [3.8, 4) is 5.75 Å². The van der Waals surface area contributed by atoms with Crippen LogP contribution in [-0.2, 0) is 10.1 Å². The van der Waals surface area contributed by atoms with Crippen LogP contribution >= 0.6 is 0 Å². The van der Waals surface area contributed by atoms with Gasteiger partial charge in [0.05, 0.1) is 22.3 Å². The van der Waals surface area contributed by atoms with Crippen LogP contribution < -0.4 is 34.3 Å². The maximum absolute atomic E-state index is 12.4. The van der Waals surface area contributed by atoms with E-state index < -0.39 is 15.9 Å². The average Bonchev–Trinajstić information content (AvgIpc) is 2.51. The molecule has 0 aromatic heterocycles. The summed E-state index contributed by atoms with van der Waals surface area (Å²) < 4.78 is 37.1. The van der Waals surface area contributed by atoms with Gasteiger partial charge in [0, 0.05) is 11.3 Å². The Morgan fingerprint density at radius 1 is 1.00 bits per heavy atom. The van der Waals surface area contributed by atoms with Crippen molar-refractivity contribution < 1.29 is 52.1 Å². The molecule has 116 valence electrons. The zero-order valence-corrected chi connectivity index (χ0v) is 15.6. The normalized spacial score (nSPS) is 10.7. The fraction of sp³-hybridized carbons (Fsp3) is 0.188. The Bertz CT molecular complexity index is 744. The summed E-state index contributed by atoms with van der Waals surface area (Å²) in [6.07, 6.45) is 0.0830. The van der Waals surface area contributed by atoms with E-state index in [2.05, 4.69) is 0 Å². The molecule has 0 atom stereocenters. The van der Waals surface area contributed by atoms with E-state index in [1.165, 1.54) is 0 Å². The van der Waals surface area contributed by atoms with Gasteiger partial charge in [0.15, 0.2) is 5.78 Å². The van der Waals surface area contributed by atoms with Crippen LogP contribution in [0.25, 0.3) is 0 Å². The van der Waals surface area contributed by atoms with Crippen molar-refractivity contribution in [2.24, 2.45) is 0 Å². The van der Waals surface area contributed by atoms with E-state index in [0.717, 1.165) is 0 Å². The first-order chi connectivity index (χ1) is 10.5. The predicted molar refractivity (Wildman–Crippen MR) is 81.0 cm³/mol. The topological polar surface area (TPSA) is 83.5 Å². The number of carbonyl (C=O) groups excluding carboxylic acids is 1. The molecule has 0 saturated heterocycles. The number of carbonyl (C=O) groups is 1. The van der Waals surface area contributed by atoms with Crippen LogP contribution in [0.5, 0.6) is 5.75 Å². The zero-order chi connectivity index (χ0) is 16.0. The summed E-state index contributed by atoms with van der Waals surface area (Å²) in [7, 11) is -4.24. The van der Waals surface area contributed by atoms with Gasteiger partial charge in [-0.05, 0) is 18.6 Å². The quantitative estimate of drug-likeness (QED) is 0.286. The van der Waals surface area contributed by atoms with Crippen LogP contribution in [0.2, 0.25) is 0 Å². The first kappa shape index (κ1) is 19.9. The number of hydrogen-bond acceptors (Lipinski definition) is 5. The van der Waals surface area contributed by atoms with E-state index in [1.807, 2.05) is 6.07 Å². The Balaban J connectivity index is 0.00000264. The summed E-state index contributed by atoms with van der Waals surface area (Å²) in [5.41, 5.74) is 0.944. The molecule has 0 unspecified atom stereocenters. The molecule has 0 aliphatic carbocycles. The van der Waals surface area contributed by atoms with E-state index in [9.17, 15) is 17.8 Å². The summed E-state index contributed by atoms with van der Waals surface area (Å²) in [5, 5.41) is 0. The number of hydrogen-bond donors (Lipinski definition) is 0. The molecule has 2 rings (SSSR count). The van der Waals surface area contributed by atoms with Gasteiger partial charge in [-0.3, -0.25) is 4.79 Å². The number of ether oxygens (including phenoxy) is 1. The molecule has 7 heteroatoms. The molecule has 0 heterocycles. The first-order valence-electron chi connectivity index (χ1n) is 6.72.